The van der Waals surface area contributed by atoms with Crippen molar-refractivity contribution in [2.24, 2.45) is 0 Å². The molecule has 0 amide bonds. The van der Waals surface area contributed by atoms with E-state index in [2.05, 4.69) is 4.72 Å². The summed E-state index contributed by atoms with van der Waals surface area (Å²) in [4.78, 5) is 0.108. The predicted molar refractivity (Wildman–Crippen MR) is 72.3 cm³/mol. The normalized spacial score (nSPS) is 12.0. The molecule has 0 aliphatic rings. The molecule has 0 saturated heterocycles. The summed E-state index contributed by atoms with van der Waals surface area (Å²) in [5.74, 6) is 0. The Labute approximate surface area is 113 Å². The van der Waals surface area contributed by atoms with Crippen LogP contribution >= 0.6 is 11.6 Å². The number of nitrogens with one attached hydrogen (secondary N) is 1. The first-order chi connectivity index (χ1) is 8.43. The molecule has 0 saturated carbocycles. The molecule has 102 valence electrons. The van der Waals surface area contributed by atoms with Gasteiger partial charge in [-0.15, -0.1) is 0 Å². The first kappa shape index (κ1) is 15.4. The fourth-order valence-electron chi connectivity index (χ4n) is 1.34. The Morgan fingerprint density at radius 1 is 1.33 bits per heavy atom. The molecule has 1 N–H and O–H groups in total. The monoisotopic (exact) mass is 291 g/mol. The third kappa shape index (κ3) is 4.94. The van der Waals surface area contributed by atoms with E-state index in [0.717, 1.165) is 0 Å². The molecule has 0 aliphatic heterocycles. The number of benzene rings is 1. The smallest absolute Gasteiger partial charge is 0.242 e. The topological polar surface area (TPSA) is 55.4 Å². The highest BCUT2D eigenvalue weighted by molar-refractivity contribution is 7.89. The summed E-state index contributed by atoms with van der Waals surface area (Å²) in [6.07, 6.45) is 0.784. The van der Waals surface area contributed by atoms with Crippen LogP contribution in [-0.4, -0.2) is 27.7 Å². The van der Waals surface area contributed by atoms with Gasteiger partial charge >= 0.3 is 0 Å². The van der Waals surface area contributed by atoms with Crippen molar-refractivity contribution in [1.82, 2.24) is 4.72 Å². The third-order valence-electron chi connectivity index (χ3n) is 2.19. The molecule has 6 heteroatoms. The zero-order chi connectivity index (χ0) is 13.6. The van der Waals surface area contributed by atoms with E-state index in [-0.39, 0.29) is 16.0 Å². The fourth-order valence-corrected chi connectivity index (χ4v) is 2.93. The van der Waals surface area contributed by atoms with Gasteiger partial charge in [-0.05, 0) is 32.4 Å². The van der Waals surface area contributed by atoms with E-state index in [0.29, 0.717) is 19.6 Å². The Balaban J connectivity index is 2.49. The van der Waals surface area contributed by atoms with Crippen LogP contribution in [0.1, 0.15) is 20.3 Å². The predicted octanol–water partition coefficient (Wildman–Crippen LogP) is 2.43. The summed E-state index contributed by atoms with van der Waals surface area (Å²) in [7, 11) is -3.53. The lowest BCUT2D eigenvalue weighted by molar-refractivity contribution is 0.0778. The van der Waals surface area contributed by atoms with E-state index < -0.39 is 10.0 Å². The fraction of sp³-hybridized carbons (Fsp3) is 0.500. The average molecular weight is 292 g/mol. The molecule has 0 atom stereocenters. The lowest BCUT2D eigenvalue weighted by atomic mass is 10.4. The third-order valence-corrected chi connectivity index (χ3v) is 4.15. The zero-order valence-corrected chi connectivity index (χ0v) is 12.1. The molecule has 0 aromatic heterocycles. The van der Waals surface area contributed by atoms with E-state index in [1.807, 2.05) is 13.8 Å². The molecule has 0 bridgehead atoms. The Bertz CT molecular complexity index is 474. The highest BCUT2D eigenvalue weighted by Gasteiger charge is 2.16. The largest absolute Gasteiger partial charge is 0.379 e. The number of hydrogen-bond acceptors (Lipinski definition) is 3. The minimum absolute atomic E-state index is 0.108. The molecular formula is C12H18ClNO3S. The van der Waals surface area contributed by atoms with Gasteiger partial charge < -0.3 is 4.74 Å². The summed E-state index contributed by atoms with van der Waals surface area (Å²) < 4.78 is 31.7. The van der Waals surface area contributed by atoms with Gasteiger partial charge in [0.05, 0.1) is 11.1 Å². The molecule has 0 aliphatic carbocycles. The van der Waals surface area contributed by atoms with E-state index in [9.17, 15) is 8.42 Å². The number of rotatable bonds is 7. The van der Waals surface area contributed by atoms with Crippen LogP contribution in [0.3, 0.4) is 0 Å². The van der Waals surface area contributed by atoms with E-state index >= 15 is 0 Å². The summed E-state index contributed by atoms with van der Waals surface area (Å²) in [6.45, 7) is 4.74. The van der Waals surface area contributed by atoms with Crippen molar-refractivity contribution in [1.29, 1.82) is 0 Å². The number of ether oxygens (including phenoxy) is 1. The van der Waals surface area contributed by atoms with Gasteiger partial charge in [0.15, 0.2) is 0 Å². The molecule has 0 spiro atoms. The van der Waals surface area contributed by atoms with Crippen LogP contribution in [0.25, 0.3) is 0 Å². The summed E-state index contributed by atoms with van der Waals surface area (Å²) >= 11 is 5.85. The first-order valence-corrected chi connectivity index (χ1v) is 7.65. The van der Waals surface area contributed by atoms with E-state index in [1.165, 1.54) is 6.07 Å². The van der Waals surface area contributed by atoms with Crippen LogP contribution < -0.4 is 4.72 Å². The van der Waals surface area contributed by atoms with Crippen molar-refractivity contribution in [3.8, 4) is 0 Å². The van der Waals surface area contributed by atoms with E-state index in [4.69, 9.17) is 16.3 Å². The second kappa shape index (κ2) is 7.09. The van der Waals surface area contributed by atoms with Gasteiger partial charge in [0.25, 0.3) is 0 Å². The number of sulfonamides is 1. The standard InChI is InChI=1S/C12H18ClNO3S/c1-10(2)17-9-5-8-14-18(15,16)12-7-4-3-6-11(12)13/h3-4,6-7,10,14H,5,8-9H2,1-2H3. The van der Waals surface area contributed by atoms with Crippen LogP contribution in [0.15, 0.2) is 29.2 Å². The van der Waals surface area contributed by atoms with Gasteiger partial charge in [0.1, 0.15) is 4.90 Å². The van der Waals surface area contributed by atoms with Gasteiger partial charge in [-0.3, -0.25) is 0 Å². The summed E-state index contributed by atoms with van der Waals surface area (Å²) in [5.41, 5.74) is 0. The average Bonchev–Trinajstić information content (AvgIpc) is 2.28. The Morgan fingerprint density at radius 2 is 2.00 bits per heavy atom. The lowest BCUT2D eigenvalue weighted by Gasteiger charge is -2.09. The van der Waals surface area contributed by atoms with Crippen LogP contribution in [0.5, 0.6) is 0 Å². The summed E-state index contributed by atoms with van der Waals surface area (Å²) in [6, 6.07) is 6.37. The van der Waals surface area contributed by atoms with Crippen LogP contribution in [-0.2, 0) is 14.8 Å². The zero-order valence-electron chi connectivity index (χ0n) is 10.5. The minimum Gasteiger partial charge on any atom is -0.379 e. The highest BCUT2D eigenvalue weighted by atomic mass is 35.5. The maximum atomic E-state index is 11.9. The lowest BCUT2D eigenvalue weighted by Crippen LogP contribution is -2.26. The van der Waals surface area contributed by atoms with Crippen molar-refractivity contribution in [2.45, 2.75) is 31.3 Å². The SMILES string of the molecule is CC(C)OCCCNS(=O)(=O)c1ccccc1Cl. The quantitative estimate of drug-likeness (QED) is 0.785. The molecule has 0 unspecified atom stereocenters. The Morgan fingerprint density at radius 3 is 2.61 bits per heavy atom. The Hall–Kier alpha value is -0.620. The molecule has 1 aromatic carbocycles. The minimum atomic E-state index is -3.53. The highest BCUT2D eigenvalue weighted by Crippen LogP contribution is 2.19. The van der Waals surface area contributed by atoms with Gasteiger partial charge in [-0.1, -0.05) is 23.7 Å². The molecule has 18 heavy (non-hydrogen) atoms. The van der Waals surface area contributed by atoms with Crippen molar-refractivity contribution in [2.75, 3.05) is 13.2 Å². The first-order valence-electron chi connectivity index (χ1n) is 5.79. The van der Waals surface area contributed by atoms with E-state index in [1.54, 1.807) is 18.2 Å². The molecule has 0 fully saturated rings. The van der Waals surface area contributed by atoms with Gasteiger partial charge in [0, 0.05) is 13.2 Å². The molecular weight excluding hydrogens is 274 g/mol. The van der Waals surface area contributed by atoms with Gasteiger partial charge in [-0.2, -0.15) is 0 Å². The summed E-state index contributed by atoms with van der Waals surface area (Å²) in [5, 5.41) is 0.225. The van der Waals surface area contributed by atoms with Crippen molar-refractivity contribution >= 4 is 21.6 Å². The van der Waals surface area contributed by atoms with Crippen LogP contribution in [0.4, 0.5) is 0 Å². The van der Waals surface area contributed by atoms with Gasteiger partial charge in [0.2, 0.25) is 10.0 Å². The van der Waals surface area contributed by atoms with Crippen molar-refractivity contribution in [3.63, 3.8) is 0 Å². The molecule has 0 heterocycles. The molecule has 1 rings (SSSR count). The van der Waals surface area contributed by atoms with Crippen molar-refractivity contribution < 1.29 is 13.2 Å². The second-order valence-corrected chi connectivity index (χ2v) is 6.24. The molecule has 0 radical (unpaired) electrons. The molecule has 4 nitrogen and oxygen atoms in total. The Kier molecular flexibility index (Phi) is 6.08. The van der Waals surface area contributed by atoms with Crippen LogP contribution in [0.2, 0.25) is 5.02 Å². The van der Waals surface area contributed by atoms with Gasteiger partial charge in [-0.25, -0.2) is 13.1 Å². The maximum Gasteiger partial charge on any atom is 0.242 e. The van der Waals surface area contributed by atoms with Crippen LogP contribution in [0, 0.1) is 0 Å². The second-order valence-electron chi connectivity index (χ2n) is 4.10. The van der Waals surface area contributed by atoms with Crippen molar-refractivity contribution in [3.05, 3.63) is 29.3 Å². The number of halogens is 1. The number of hydrogen-bond donors (Lipinski definition) is 1. The molecule has 1 aromatic rings. The maximum absolute atomic E-state index is 11.9.